The molecule has 2 aliphatic carbocycles. The Balaban J connectivity index is 1.70. The van der Waals surface area contributed by atoms with Gasteiger partial charge in [-0.05, 0) is 31.2 Å². The third-order valence-corrected chi connectivity index (χ3v) is 4.82. The van der Waals surface area contributed by atoms with E-state index < -0.39 is 0 Å². The van der Waals surface area contributed by atoms with Crippen molar-refractivity contribution in [1.82, 2.24) is 19.6 Å². The monoisotopic (exact) mass is 276 g/mol. The molecule has 0 amide bonds. The van der Waals surface area contributed by atoms with E-state index in [0.717, 1.165) is 30.0 Å². The van der Waals surface area contributed by atoms with Crippen molar-refractivity contribution < 1.29 is 0 Å². The first-order valence-electron chi connectivity index (χ1n) is 7.64. The fourth-order valence-corrected chi connectivity index (χ4v) is 3.34. The van der Waals surface area contributed by atoms with Gasteiger partial charge in [-0.2, -0.15) is 0 Å². The zero-order valence-corrected chi connectivity index (χ0v) is 11.7. The molecule has 2 saturated carbocycles. The summed E-state index contributed by atoms with van der Waals surface area (Å²) < 4.78 is 2.17. The minimum Gasteiger partial charge on any atom is -0.283 e. The first-order valence-corrected chi connectivity index (χ1v) is 7.64. The molecule has 2 fully saturated rings. The molecule has 0 saturated heterocycles. The van der Waals surface area contributed by atoms with Crippen molar-refractivity contribution in [2.24, 2.45) is 0 Å². The Morgan fingerprint density at radius 1 is 1.05 bits per heavy atom. The summed E-state index contributed by atoms with van der Waals surface area (Å²) in [4.78, 5) is 4.53. The lowest BCUT2D eigenvalue weighted by Crippen LogP contribution is -2.13. The van der Waals surface area contributed by atoms with Gasteiger partial charge in [0.25, 0.3) is 0 Å². The molecule has 0 unspecified atom stereocenters. The Morgan fingerprint density at radius 3 is 2.57 bits per heavy atom. The van der Waals surface area contributed by atoms with Gasteiger partial charge < -0.3 is 0 Å². The summed E-state index contributed by atoms with van der Waals surface area (Å²) in [5, 5.41) is 9.01. The molecule has 0 spiro atoms. The zero-order chi connectivity index (χ0) is 13.9. The van der Waals surface area contributed by atoms with E-state index >= 15 is 0 Å². The highest BCUT2D eigenvalue weighted by atomic mass is 15.3. The molecule has 4 nitrogen and oxygen atoms in total. The van der Waals surface area contributed by atoms with Crippen LogP contribution in [0.2, 0.25) is 0 Å². The van der Waals surface area contributed by atoms with Crippen LogP contribution in [0.15, 0.2) is 42.7 Å². The van der Waals surface area contributed by atoms with Gasteiger partial charge in [0.2, 0.25) is 0 Å². The van der Waals surface area contributed by atoms with Gasteiger partial charge in [-0.3, -0.25) is 9.38 Å². The highest BCUT2D eigenvalue weighted by molar-refractivity contribution is 5.50. The van der Waals surface area contributed by atoms with E-state index in [-0.39, 0.29) is 5.41 Å². The van der Waals surface area contributed by atoms with Gasteiger partial charge >= 0.3 is 0 Å². The van der Waals surface area contributed by atoms with E-state index in [2.05, 4.69) is 49.9 Å². The van der Waals surface area contributed by atoms with Gasteiger partial charge in [-0.15, -0.1) is 10.2 Å². The van der Waals surface area contributed by atoms with Gasteiger partial charge in [-0.25, -0.2) is 0 Å². The van der Waals surface area contributed by atoms with Crippen LogP contribution in [0.25, 0.3) is 5.65 Å². The average molecular weight is 276 g/mol. The smallest absolute Gasteiger partial charge is 0.182 e. The maximum absolute atomic E-state index is 4.55. The minimum absolute atomic E-state index is 0.0584. The average Bonchev–Trinajstić information content (AvgIpc) is 3.46. The summed E-state index contributed by atoms with van der Waals surface area (Å²) in [6.07, 6.45) is 8.68. The highest BCUT2D eigenvalue weighted by Gasteiger charge is 2.49. The molecular weight excluding hydrogens is 260 g/mol. The number of fused-ring (bicyclic) bond motifs is 1. The number of benzene rings is 1. The van der Waals surface area contributed by atoms with Gasteiger partial charge in [0.1, 0.15) is 5.82 Å². The molecule has 0 bridgehead atoms. The van der Waals surface area contributed by atoms with Crippen molar-refractivity contribution in [3.8, 4) is 0 Å². The van der Waals surface area contributed by atoms with Crippen molar-refractivity contribution >= 4 is 5.65 Å². The van der Waals surface area contributed by atoms with Crippen LogP contribution in [0, 0.1) is 0 Å². The molecule has 0 radical (unpaired) electrons. The van der Waals surface area contributed by atoms with Crippen LogP contribution >= 0.6 is 0 Å². The molecule has 0 atom stereocenters. The summed E-state index contributed by atoms with van der Waals surface area (Å²) in [7, 11) is 0. The first-order chi connectivity index (χ1) is 10.4. The Morgan fingerprint density at radius 2 is 1.86 bits per heavy atom. The van der Waals surface area contributed by atoms with Gasteiger partial charge in [0.15, 0.2) is 5.65 Å². The van der Waals surface area contributed by atoms with E-state index in [1.54, 1.807) is 0 Å². The molecule has 0 N–H and O–H groups in total. The van der Waals surface area contributed by atoms with Crippen molar-refractivity contribution in [1.29, 1.82) is 0 Å². The number of rotatable bonds is 3. The van der Waals surface area contributed by atoms with Crippen LogP contribution in [0.5, 0.6) is 0 Å². The Hall–Kier alpha value is -2.23. The van der Waals surface area contributed by atoms with Crippen molar-refractivity contribution in [3.63, 3.8) is 0 Å². The molecule has 2 aromatic heterocycles. The Bertz CT molecular complexity index is 813. The largest absolute Gasteiger partial charge is 0.283 e. The molecule has 21 heavy (non-hydrogen) atoms. The molecule has 104 valence electrons. The number of aromatic nitrogens is 4. The second kappa shape index (κ2) is 3.91. The fourth-order valence-electron chi connectivity index (χ4n) is 3.34. The quantitative estimate of drug-likeness (QED) is 0.738. The predicted molar refractivity (Wildman–Crippen MR) is 79.2 cm³/mol. The van der Waals surface area contributed by atoms with Crippen molar-refractivity contribution in [3.05, 3.63) is 59.8 Å². The maximum Gasteiger partial charge on any atom is 0.182 e. The van der Waals surface area contributed by atoms with E-state index in [1.165, 1.54) is 18.4 Å². The normalized spacial score (nSPS) is 19.8. The van der Waals surface area contributed by atoms with Crippen LogP contribution in [0.1, 0.15) is 48.7 Å². The third kappa shape index (κ3) is 1.59. The fraction of sp³-hybridized carbons (Fsp3) is 0.353. The molecular formula is C17H16N4. The lowest BCUT2D eigenvalue weighted by Gasteiger charge is -2.13. The molecule has 4 heteroatoms. The van der Waals surface area contributed by atoms with Crippen LogP contribution in [0.4, 0.5) is 0 Å². The van der Waals surface area contributed by atoms with E-state index in [0.29, 0.717) is 5.92 Å². The standard InChI is InChI=1S/C17H16N4/c1-2-4-13(5-3-1)17(8-9-17)16-20-19-15-14(12-6-7-12)18-10-11-21(15)16/h1-5,10-12H,6-9H2. The van der Waals surface area contributed by atoms with Gasteiger partial charge in [0.05, 0.1) is 11.1 Å². The lowest BCUT2D eigenvalue weighted by molar-refractivity contribution is 0.738. The Kier molecular flexibility index (Phi) is 2.13. The maximum atomic E-state index is 4.55. The topological polar surface area (TPSA) is 43.1 Å². The van der Waals surface area contributed by atoms with Gasteiger partial charge in [-0.1, -0.05) is 30.3 Å². The molecule has 0 aliphatic heterocycles. The third-order valence-electron chi connectivity index (χ3n) is 4.82. The highest BCUT2D eigenvalue weighted by Crippen LogP contribution is 2.53. The molecule has 5 rings (SSSR count). The predicted octanol–water partition coefficient (Wildman–Crippen LogP) is 3.08. The van der Waals surface area contributed by atoms with Crippen LogP contribution in [0.3, 0.4) is 0 Å². The summed E-state index contributed by atoms with van der Waals surface area (Å²) in [5.41, 5.74) is 3.49. The second-order valence-corrected chi connectivity index (χ2v) is 6.25. The molecule has 3 aromatic rings. The second-order valence-electron chi connectivity index (χ2n) is 6.25. The zero-order valence-electron chi connectivity index (χ0n) is 11.7. The van der Waals surface area contributed by atoms with Crippen molar-refractivity contribution in [2.75, 3.05) is 0 Å². The summed E-state index contributed by atoms with van der Waals surface area (Å²) in [6.45, 7) is 0. The summed E-state index contributed by atoms with van der Waals surface area (Å²) in [6, 6.07) is 10.7. The summed E-state index contributed by atoms with van der Waals surface area (Å²) >= 11 is 0. The van der Waals surface area contributed by atoms with Crippen molar-refractivity contribution in [2.45, 2.75) is 37.0 Å². The van der Waals surface area contributed by atoms with Gasteiger partial charge in [0, 0.05) is 18.3 Å². The molecule has 2 aliphatic rings. The number of hydrogen-bond donors (Lipinski definition) is 0. The SMILES string of the molecule is c1ccc(C2(c3nnc4c(C5CC5)nccn34)CC2)cc1. The lowest BCUT2D eigenvalue weighted by atomic mass is 9.95. The van der Waals surface area contributed by atoms with Crippen LogP contribution in [-0.2, 0) is 5.41 Å². The molecule has 2 heterocycles. The summed E-state index contributed by atoms with van der Waals surface area (Å²) in [5.74, 6) is 1.67. The molecule has 1 aromatic carbocycles. The number of hydrogen-bond acceptors (Lipinski definition) is 3. The van der Waals surface area contributed by atoms with Crippen LogP contribution in [-0.4, -0.2) is 19.6 Å². The Labute approximate surface area is 122 Å². The first kappa shape index (κ1) is 11.4. The number of nitrogens with zero attached hydrogens (tertiary/aromatic N) is 4. The van der Waals surface area contributed by atoms with Crippen LogP contribution < -0.4 is 0 Å². The van der Waals surface area contributed by atoms with E-state index in [1.807, 2.05) is 12.4 Å². The van der Waals surface area contributed by atoms with E-state index in [4.69, 9.17) is 0 Å². The van der Waals surface area contributed by atoms with E-state index in [9.17, 15) is 0 Å². The minimum atomic E-state index is 0.0584.